The second-order valence-corrected chi connectivity index (χ2v) is 5.47. The van der Waals surface area contributed by atoms with Gasteiger partial charge in [0.2, 0.25) is 5.89 Å². The van der Waals surface area contributed by atoms with E-state index in [-0.39, 0.29) is 0 Å². The first-order valence-electron chi connectivity index (χ1n) is 6.35. The zero-order chi connectivity index (χ0) is 12.5. The molecule has 0 saturated carbocycles. The number of hydrogen-bond donors (Lipinski definition) is 1. The molecule has 0 amide bonds. The van der Waals surface area contributed by atoms with Gasteiger partial charge in [-0.25, -0.2) is 0 Å². The minimum absolute atomic E-state index is 0.540. The molecule has 1 rings (SSSR count). The molecule has 98 valence electrons. The lowest BCUT2D eigenvalue weighted by molar-refractivity contribution is 0.370. The molecule has 1 aromatic rings. The summed E-state index contributed by atoms with van der Waals surface area (Å²) < 4.78 is 5.20. The smallest absolute Gasteiger partial charge is 0.226 e. The molecule has 0 unspecified atom stereocenters. The van der Waals surface area contributed by atoms with E-state index in [0.717, 1.165) is 42.6 Å². The highest BCUT2D eigenvalue weighted by molar-refractivity contribution is 7.98. The van der Waals surface area contributed by atoms with Crippen LogP contribution in [-0.4, -0.2) is 28.5 Å². The molecule has 0 aromatic carbocycles. The van der Waals surface area contributed by atoms with E-state index in [9.17, 15) is 0 Å². The molecule has 4 nitrogen and oxygen atoms in total. The SMILES string of the molecule is CCCSCc1noc(CCCNC(C)C)n1. The van der Waals surface area contributed by atoms with E-state index in [0.29, 0.717) is 6.04 Å². The summed E-state index contributed by atoms with van der Waals surface area (Å²) in [5, 5.41) is 7.34. The van der Waals surface area contributed by atoms with Crippen LogP contribution in [0.1, 0.15) is 45.3 Å². The van der Waals surface area contributed by atoms with Gasteiger partial charge in [-0.1, -0.05) is 25.9 Å². The predicted molar refractivity (Wildman–Crippen MR) is 72.2 cm³/mol. The molecule has 0 aliphatic carbocycles. The van der Waals surface area contributed by atoms with Crippen molar-refractivity contribution in [2.75, 3.05) is 12.3 Å². The minimum Gasteiger partial charge on any atom is -0.339 e. The molecule has 1 N–H and O–H groups in total. The zero-order valence-electron chi connectivity index (χ0n) is 11.0. The van der Waals surface area contributed by atoms with Gasteiger partial charge in [0, 0.05) is 12.5 Å². The number of nitrogens with one attached hydrogen (secondary N) is 1. The molecule has 0 radical (unpaired) electrons. The first-order valence-corrected chi connectivity index (χ1v) is 7.50. The Morgan fingerprint density at radius 1 is 1.41 bits per heavy atom. The molecule has 0 spiro atoms. The average Bonchev–Trinajstić information content (AvgIpc) is 2.73. The Morgan fingerprint density at radius 3 is 2.94 bits per heavy atom. The lowest BCUT2D eigenvalue weighted by Crippen LogP contribution is -2.23. The zero-order valence-corrected chi connectivity index (χ0v) is 11.8. The van der Waals surface area contributed by atoms with Crippen molar-refractivity contribution >= 4 is 11.8 Å². The number of aromatic nitrogens is 2. The number of thioether (sulfide) groups is 1. The van der Waals surface area contributed by atoms with Crippen LogP contribution in [0.2, 0.25) is 0 Å². The van der Waals surface area contributed by atoms with E-state index in [1.54, 1.807) is 0 Å². The normalized spacial score (nSPS) is 11.3. The summed E-state index contributed by atoms with van der Waals surface area (Å²) in [5.41, 5.74) is 0. The van der Waals surface area contributed by atoms with Crippen molar-refractivity contribution < 1.29 is 4.52 Å². The lowest BCUT2D eigenvalue weighted by Gasteiger charge is -2.05. The van der Waals surface area contributed by atoms with Crippen molar-refractivity contribution in [2.24, 2.45) is 0 Å². The Morgan fingerprint density at radius 2 is 2.24 bits per heavy atom. The maximum Gasteiger partial charge on any atom is 0.226 e. The molecule has 0 saturated heterocycles. The third-order valence-electron chi connectivity index (χ3n) is 2.21. The molecule has 1 heterocycles. The molecule has 0 aliphatic rings. The highest BCUT2D eigenvalue weighted by atomic mass is 32.2. The maximum atomic E-state index is 5.20. The van der Waals surface area contributed by atoms with E-state index in [2.05, 4.69) is 36.2 Å². The summed E-state index contributed by atoms with van der Waals surface area (Å²) in [6.45, 7) is 7.47. The minimum atomic E-state index is 0.540. The van der Waals surface area contributed by atoms with E-state index in [1.165, 1.54) is 6.42 Å². The van der Waals surface area contributed by atoms with Gasteiger partial charge in [0.05, 0.1) is 5.75 Å². The van der Waals surface area contributed by atoms with Crippen LogP contribution in [0, 0.1) is 0 Å². The van der Waals surface area contributed by atoms with Crippen LogP contribution in [0.4, 0.5) is 0 Å². The summed E-state index contributed by atoms with van der Waals surface area (Å²) in [6, 6.07) is 0.540. The van der Waals surface area contributed by atoms with Crippen LogP contribution in [0.3, 0.4) is 0 Å². The first kappa shape index (κ1) is 14.5. The van der Waals surface area contributed by atoms with E-state index in [4.69, 9.17) is 4.52 Å². The summed E-state index contributed by atoms with van der Waals surface area (Å²) in [7, 11) is 0. The topological polar surface area (TPSA) is 51.0 Å². The van der Waals surface area contributed by atoms with Gasteiger partial charge in [0.15, 0.2) is 5.82 Å². The Kier molecular flexibility index (Phi) is 7.28. The van der Waals surface area contributed by atoms with Crippen LogP contribution >= 0.6 is 11.8 Å². The maximum absolute atomic E-state index is 5.20. The predicted octanol–water partition coefficient (Wildman–Crippen LogP) is 2.64. The van der Waals surface area contributed by atoms with Crippen molar-refractivity contribution in [3.8, 4) is 0 Å². The molecule has 0 bridgehead atoms. The first-order chi connectivity index (χ1) is 8.22. The van der Waals surface area contributed by atoms with E-state index >= 15 is 0 Å². The Labute approximate surface area is 108 Å². The summed E-state index contributed by atoms with van der Waals surface area (Å²) >= 11 is 1.85. The molecule has 17 heavy (non-hydrogen) atoms. The Hall–Kier alpha value is -0.550. The van der Waals surface area contributed by atoms with Crippen molar-refractivity contribution in [3.63, 3.8) is 0 Å². The number of aryl methyl sites for hydroxylation is 1. The molecular weight excluding hydrogens is 234 g/mol. The van der Waals surface area contributed by atoms with E-state index < -0.39 is 0 Å². The number of rotatable bonds is 9. The van der Waals surface area contributed by atoms with Crippen molar-refractivity contribution in [2.45, 2.75) is 51.8 Å². The van der Waals surface area contributed by atoms with Crippen LogP contribution in [0.15, 0.2) is 4.52 Å². The van der Waals surface area contributed by atoms with Gasteiger partial charge >= 0.3 is 0 Å². The number of hydrogen-bond acceptors (Lipinski definition) is 5. The summed E-state index contributed by atoms with van der Waals surface area (Å²) in [4.78, 5) is 4.37. The molecule has 5 heteroatoms. The quantitative estimate of drug-likeness (QED) is 0.689. The monoisotopic (exact) mass is 257 g/mol. The highest BCUT2D eigenvalue weighted by Crippen LogP contribution is 2.10. The Bertz CT molecular complexity index is 302. The average molecular weight is 257 g/mol. The van der Waals surface area contributed by atoms with Crippen LogP contribution in [0.5, 0.6) is 0 Å². The van der Waals surface area contributed by atoms with Crippen LogP contribution in [-0.2, 0) is 12.2 Å². The highest BCUT2D eigenvalue weighted by Gasteiger charge is 2.05. The fourth-order valence-electron chi connectivity index (χ4n) is 1.39. The van der Waals surface area contributed by atoms with Crippen molar-refractivity contribution in [1.82, 2.24) is 15.5 Å². The van der Waals surface area contributed by atoms with Gasteiger partial charge in [-0.05, 0) is 25.1 Å². The van der Waals surface area contributed by atoms with Crippen molar-refractivity contribution in [3.05, 3.63) is 11.7 Å². The fourth-order valence-corrected chi connectivity index (χ4v) is 2.12. The van der Waals surface area contributed by atoms with Crippen molar-refractivity contribution in [1.29, 1.82) is 0 Å². The third kappa shape index (κ3) is 6.68. The second kappa shape index (κ2) is 8.53. The largest absolute Gasteiger partial charge is 0.339 e. The standard InChI is InChI=1S/C12H23N3OS/c1-4-8-17-9-11-14-12(16-15-11)6-5-7-13-10(2)3/h10,13H,4-9H2,1-3H3. The van der Waals surface area contributed by atoms with Gasteiger partial charge in [0.1, 0.15) is 0 Å². The molecule has 1 aromatic heterocycles. The van der Waals surface area contributed by atoms with Crippen LogP contribution < -0.4 is 5.32 Å². The van der Waals surface area contributed by atoms with E-state index in [1.807, 2.05) is 11.8 Å². The molecule has 0 aliphatic heterocycles. The van der Waals surface area contributed by atoms with Gasteiger partial charge in [-0.3, -0.25) is 0 Å². The molecule has 0 atom stereocenters. The van der Waals surface area contributed by atoms with Gasteiger partial charge in [-0.15, -0.1) is 0 Å². The molecular formula is C12H23N3OS. The van der Waals surface area contributed by atoms with Crippen LogP contribution in [0.25, 0.3) is 0 Å². The van der Waals surface area contributed by atoms with Gasteiger partial charge < -0.3 is 9.84 Å². The number of nitrogens with zero attached hydrogens (tertiary/aromatic N) is 2. The van der Waals surface area contributed by atoms with Gasteiger partial charge in [-0.2, -0.15) is 16.7 Å². The summed E-state index contributed by atoms with van der Waals surface area (Å²) in [5.74, 6) is 3.61. The Balaban J connectivity index is 2.16. The molecule has 0 fully saturated rings. The second-order valence-electron chi connectivity index (χ2n) is 4.37. The lowest BCUT2D eigenvalue weighted by atomic mass is 10.3. The third-order valence-corrected chi connectivity index (χ3v) is 3.37. The fraction of sp³-hybridized carbons (Fsp3) is 0.833. The van der Waals surface area contributed by atoms with Gasteiger partial charge in [0.25, 0.3) is 0 Å². The summed E-state index contributed by atoms with van der Waals surface area (Å²) in [6.07, 6.45) is 3.10.